The fraction of sp³-hybridized carbons (Fsp3) is 0.909. The van der Waals surface area contributed by atoms with Crippen LogP contribution in [-0.2, 0) is 128 Å². The number of aliphatic carboxylic acids is 2. The van der Waals surface area contributed by atoms with E-state index in [0.717, 1.165) is 41.7 Å². The van der Waals surface area contributed by atoms with Gasteiger partial charge in [0.2, 0.25) is 29.5 Å². The molecule has 0 radical (unpaired) electrons. The summed E-state index contributed by atoms with van der Waals surface area (Å²) in [6.45, 7) is -8.06. The summed E-state index contributed by atoms with van der Waals surface area (Å²) in [4.78, 5) is 89.2. The van der Waals surface area contributed by atoms with Crippen molar-refractivity contribution in [3.63, 3.8) is 0 Å². The predicted octanol–water partition coefficient (Wildman–Crippen LogP) is -21.1. The number of rotatable bonds is 40. The first-order valence-corrected chi connectivity index (χ1v) is 43.7. The van der Waals surface area contributed by atoms with Crippen molar-refractivity contribution in [1.29, 1.82) is 0 Å². The van der Waals surface area contributed by atoms with Crippen LogP contribution in [0.4, 0.5) is 8.78 Å². The van der Waals surface area contributed by atoms with E-state index in [1.165, 1.54) is 0 Å². The van der Waals surface area contributed by atoms with Crippen LogP contribution < -0.4 is 26.6 Å². The van der Waals surface area contributed by atoms with Crippen LogP contribution in [0.3, 0.4) is 0 Å². The molecule has 0 bridgehead atoms. The molecule has 10 fully saturated rings. The molecule has 139 heavy (non-hydrogen) atoms. The topological polar surface area (TPSA) is 931 Å². The Hall–Kier alpha value is -5.69. The van der Waals surface area contributed by atoms with E-state index in [1.807, 2.05) is 0 Å². The van der Waals surface area contributed by atoms with Crippen molar-refractivity contribution in [1.82, 2.24) is 26.6 Å². The van der Waals surface area contributed by atoms with E-state index in [0.29, 0.717) is 0 Å². The van der Waals surface area contributed by atoms with Gasteiger partial charge in [0, 0.05) is 54.6 Å². The number of methoxy groups -OCH3 is 1. The number of amides is 5. The largest absolute Gasteiger partial charge is 0.477 e. The highest BCUT2D eigenvalue weighted by Crippen LogP contribution is 2.43. The third kappa shape index (κ3) is 25.8. The van der Waals surface area contributed by atoms with Crippen LogP contribution in [0.5, 0.6) is 0 Å². The lowest BCUT2D eigenvalue weighted by Crippen LogP contribution is -2.70. The van der Waals surface area contributed by atoms with Gasteiger partial charge in [-0.15, -0.1) is 0 Å². The summed E-state index contributed by atoms with van der Waals surface area (Å²) in [7, 11) is 1.08. The molecule has 0 saturated carbocycles. The number of aliphatic hydroxyl groups is 26. The molecule has 10 aliphatic rings. The highest BCUT2D eigenvalue weighted by Gasteiger charge is 2.64. The van der Waals surface area contributed by atoms with Crippen LogP contribution in [0.2, 0.25) is 0 Å². The maximum atomic E-state index is 14.9. The Morgan fingerprint density at radius 2 is 0.597 bits per heavy atom. The summed E-state index contributed by atoms with van der Waals surface area (Å²) >= 11 is 0. The maximum absolute atomic E-state index is 14.9. The smallest absolute Gasteiger partial charge is 0.364 e. The van der Waals surface area contributed by atoms with Gasteiger partial charge in [-0.3, -0.25) is 24.0 Å². The van der Waals surface area contributed by atoms with E-state index in [1.54, 1.807) is 0 Å². The van der Waals surface area contributed by atoms with E-state index in [9.17, 15) is 185 Å². The number of hydrogen-bond donors (Lipinski definition) is 33. The van der Waals surface area contributed by atoms with Crippen LogP contribution in [-0.4, -0.2) is 576 Å². The zero-order chi connectivity index (χ0) is 103. The molecule has 0 aromatic rings. The highest BCUT2D eigenvalue weighted by molar-refractivity contribution is 5.78. The lowest BCUT2D eigenvalue weighted by Gasteiger charge is -2.51. The van der Waals surface area contributed by atoms with Gasteiger partial charge in [-0.1, -0.05) is 0 Å². The molecule has 33 N–H and O–H groups in total. The number of ether oxygens (including phenoxy) is 20. The molecule has 10 saturated heterocycles. The number of carbonyl (C=O) groups excluding carboxylic acids is 5. The van der Waals surface area contributed by atoms with Crippen molar-refractivity contribution in [3.8, 4) is 0 Å². The molecule has 52 atom stereocenters. The molecule has 10 heterocycles. The minimum atomic E-state index is -3.16. The number of halogens is 2. The molecule has 0 spiro atoms. The van der Waals surface area contributed by atoms with Crippen molar-refractivity contribution in [2.75, 3.05) is 73.2 Å². The van der Waals surface area contributed by atoms with Gasteiger partial charge in [0.05, 0.1) is 90.4 Å². The van der Waals surface area contributed by atoms with E-state index in [2.05, 4.69) is 26.6 Å². The lowest BCUT2D eigenvalue weighted by molar-refractivity contribution is -0.398. The standard InChI is InChI=1S/C77H125F2N5O55/c1-19(92)80-36-26(97)7-76(74(116)117,138-61(36)41(99)24(78)9-85)122-17-34-45(103)51(109)55(113)69(130-34)132-59-31(14-90)127-67(39(49(59)107)83-22(4)95)136-64-53(111)43(101)28(11-87)124-72(64)121-16-33-47(105)63(57(115)71(129-33)134-58-30(13-89)126-66(120-6)38(48(58)106)82-21(3)94)135-73-65(54(112)44(102)29(12-88)125-73)137-68-40(84-23(5)96)50(108)60(32(15-91)128-68)133-70-56(114)52(110)46(104)35(131-70)18-123-77(75(118)119)8-27(98)37(81-20(2)93)62(139-77)42(100)25(79)10-86/h24-73,85-91,97-115H,7-18H2,1-6H3,(H,80,92)(H,81,93)(H,82,94)(H,83,95)(H,84,96)(H,116,117)(H,118,119)/t24?,25?,26?,27?,28?,29?,30?,31?,32?,33?,34?,35?,36?,37?,38?,39?,40?,41-,42-,43?,44?,45?,46?,47?,48?,49?,50?,51?,52?,53?,54?,55?,56?,57?,58?,59?,60?,61?,62?,63?,64?,65?,66?,67?,68?,69?,70?,71?,72?,73?,76?,77?/m1/s1. The molecule has 802 valence electrons. The van der Waals surface area contributed by atoms with Gasteiger partial charge in [0.1, 0.15) is 220 Å². The first kappa shape index (κ1) is 115. The van der Waals surface area contributed by atoms with Gasteiger partial charge in [-0.2, -0.15) is 0 Å². The molecule has 60 nitrogen and oxygen atoms in total. The van der Waals surface area contributed by atoms with E-state index in [4.69, 9.17) is 94.7 Å². The minimum Gasteiger partial charge on any atom is -0.477 e. The number of aliphatic hydroxyl groups excluding tert-OH is 26. The van der Waals surface area contributed by atoms with Gasteiger partial charge in [0.25, 0.3) is 11.6 Å². The molecule has 5 amide bonds. The fourth-order valence-corrected chi connectivity index (χ4v) is 17.7. The number of carbonyl (C=O) groups is 7. The van der Waals surface area contributed by atoms with E-state index in [-0.39, 0.29) is 0 Å². The van der Waals surface area contributed by atoms with Crippen LogP contribution in [0.25, 0.3) is 0 Å². The summed E-state index contributed by atoms with van der Waals surface area (Å²) in [6, 6.07) is -9.34. The van der Waals surface area contributed by atoms with Gasteiger partial charge >= 0.3 is 11.9 Å². The molecular formula is C77H125F2N5O55. The minimum absolute atomic E-state index is 0.814. The zero-order valence-corrected chi connectivity index (χ0v) is 74.7. The van der Waals surface area contributed by atoms with Crippen LogP contribution in [0.15, 0.2) is 0 Å². The first-order valence-electron chi connectivity index (χ1n) is 43.7. The Labute approximate surface area is 784 Å². The Morgan fingerprint density at radius 3 is 0.928 bits per heavy atom. The normalized spacial score (nSPS) is 45.9. The van der Waals surface area contributed by atoms with E-state index < -0.39 is 438 Å². The molecule has 62 heteroatoms. The Bertz CT molecular complexity index is 3960. The molecule has 0 aromatic heterocycles. The van der Waals surface area contributed by atoms with Crippen molar-refractivity contribution in [2.45, 2.75) is 366 Å². The second kappa shape index (κ2) is 49.7. The van der Waals surface area contributed by atoms with Gasteiger partial charge in [-0.25, -0.2) is 18.4 Å². The van der Waals surface area contributed by atoms with Crippen LogP contribution >= 0.6 is 0 Å². The Kier molecular flexibility index (Phi) is 41.2. The Balaban J connectivity index is 0.912. The molecule has 10 aliphatic heterocycles. The first-order chi connectivity index (χ1) is 65.4. The monoisotopic (exact) mass is 2040 g/mol. The summed E-state index contributed by atoms with van der Waals surface area (Å²) in [5.41, 5.74) is 0. The predicted molar refractivity (Wildman–Crippen MR) is 425 cm³/mol. The number of alkyl halides is 2. The lowest BCUT2D eigenvalue weighted by atomic mass is 9.88. The third-order valence-electron chi connectivity index (χ3n) is 25.0. The number of nitrogens with one attached hydrogen (secondary N) is 5. The van der Waals surface area contributed by atoms with Crippen molar-refractivity contribution < 1.29 is 280 Å². The summed E-state index contributed by atoms with van der Waals surface area (Å²) in [5, 5.41) is 326. The summed E-state index contributed by atoms with van der Waals surface area (Å²) in [6.07, 6.45) is -104. The maximum Gasteiger partial charge on any atom is 0.364 e. The van der Waals surface area contributed by atoms with Crippen LogP contribution in [0.1, 0.15) is 47.5 Å². The number of carboxylic acid groups (broad SMARTS) is 2. The SMILES string of the molecule is COC1OC(CO)C(OC2OC(COC3OC(CO)C(O)C(O)C3OC3OC(CO)C(OC4OC(COC5(C(=O)O)CC(O)C(NC(C)=O)C([C@H](O)C(F)CO)O5)C(O)C(O)C4O)C(O)C3NC(C)=O)C(O)C(OC3OC(CO)C(O)C(O)C3OC3OC(CO)C(OC4OC(COC5(C(=O)O)CC(O)C(NC(C)=O)C([C@H](O)C(F)CO)O5)C(O)C(O)C4O)C(O)C3NC(C)=O)C2O)C(O)C1NC(C)=O. The second-order valence-electron chi connectivity index (χ2n) is 34.7. The summed E-state index contributed by atoms with van der Waals surface area (Å²) < 4.78 is 147. The fourth-order valence-electron chi connectivity index (χ4n) is 17.7. The molecule has 10 rings (SSSR count). The molecule has 0 aliphatic carbocycles. The number of hydrogen-bond acceptors (Lipinski definition) is 53. The highest BCUT2D eigenvalue weighted by atomic mass is 19.1. The Morgan fingerprint density at radius 1 is 0.317 bits per heavy atom. The van der Waals surface area contributed by atoms with Crippen LogP contribution in [0, 0.1) is 0 Å². The van der Waals surface area contributed by atoms with Gasteiger partial charge < -0.3 is 264 Å². The third-order valence-corrected chi connectivity index (χ3v) is 25.0. The van der Waals surface area contributed by atoms with Crippen molar-refractivity contribution in [2.24, 2.45) is 0 Å². The van der Waals surface area contributed by atoms with Gasteiger partial charge in [0.15, 0.2) is 62.7 Å². The molecular weight excluding hydrogens is 1910 g/mol. The molecule has 0 aromatic carbocycles. The quantitative estimate of drug-likeness (QED) is 0.0271. The van der Waals surface area contributed by atoms with Gasteiger partial charge in [-0.05, 0) is 0 Å². The van der Waals surface area contributed by atoms with E-state index >= 15 is 0 Å². The zero-order valence-electron chi connectivity index (χ0n) is 74.7. The summed E-state index contributed by atoms with van der Waals surface area (Å²) in [5.74, 6) is -15.2. The number of carboxylic acids is 2. The van der Waals surface area contributed by atoms with Crippen molar-refractivity contribution >= 4 is 41.5 Å². The average Bonchev–Trinajstić information content (AvgIpc) is 0.764. The molecule has 50 unspecified atom stereocenters. The second-order valence-corrected chi connectivity index (χ2v) is 34.7. The average molecular weight is 2040 g/mol. The van der Waals surface area contributed by atoms with Crippen molar-refractivity contribution in [3.05, 3.63) is 0 Å².